The molecule has 162 valence electrons. The van der Waals surface area contributed by atoms with Gasteiger partial charge in [0.2, 0.25) is 11.8 Å². The van der Waals surface area contributed by atoms with Crippen molar-refractivity contribution in [3.63, 3.8) is 0 Å². The predicted molar refractivity (Wildman–Crippen MR) is 110 cm³/mol. The number of fused-ring (bicyclic) bond motifs is 2. The van der Waals surface area contributed by atoms with E-state index in [0.29, 0.717) is 37.5 Å². The van der Waals surface area contributed by atoms with Crippen molar-refractivity contribution in [2.24, 2.45) is 0 Å². The lowest BCUT2D eigenvalue weighted by Gasteiger charge is -2.28. The molecule has 1 saturated carbocycles. The molecule has 10 heteroatoms. The highest BCUT2D eigenvalue weighted by Gasteiger charge is 2.25. The summed E-state index contributed by atoms with van der Waals surface area (Å²) < 4.78 is 38.7. The summed E-state index contributed by atoms with van der Waals surface area (Å²) in [4.78, 5) is 8.83. The molecule has 1 aliphatic rings. The first kappa shape index (κ1) is 19.7. The van der Waals surface area contributed by atoms with E-state index in [1.165, 1.54) is 0 Å². The standard InChI is InChI=1S/C21H22F2N6O2/c1-30-19-18-16(13-2-7-17-24-9-11-28(17)12-13)8-10-29(18)27-21(26-19)25-14-3-5-15(6-4-14)31-20(22)23/h2,7-12,14-15,20H,3-6H2,1H3,(H,25,27)/t14-,15-. The van der Waals surface area contributed by atoms with Gasteiger partial charge in [0.15, 0.2) is 0 Å². The molecule has 0 atom stereocenters. The average molecular weight is 428 g/mol. The molecule has 0 saturated heterocycles. The summed E-state index contributed by atoms with van der Waals surface area (Å²) in [6, 6.07) is 6.03. The number of hydrogen-bond donors (Lipinski definition) is 1. The average Bonchev–Trinajstić information content (AvgIpc) is 3.40. The highest BCUT2D eigenvalue weighted by Crippen LogP contribution is 2.32. The predicted octanol–water partition coefficient (Wildman–Crippen LogP) is 4.01. The van der Waals surface area contributed by atoms with E-state index in [1.54, 1.807) is 17.8 Å². The van der Waals surface area contributed by atoms with Crippen molar-refractivity contribution in [1.29, 1.82) is 0 Å². The smallest absolute Gasteiger partial charge is 0.345 e. The molecule has 0 radical (unpaired) electrons. The fourth-order valence-electron chi connectivity index (χ4n) is 4.18. The molecule has 1 fully saturated rings. The van der Waals surface area contributed by atoms with E-state index >= 15 is 0 Å². The first-order valence-corrected chi connectivity index (χ1v) is 10.2. The summed E-state index contributed by atoms with van der Waals surface area (Å²) in [5.41, 5.74) is 3.58. The Kier molecular flexibility index (Phi) is 5.14. The van der Waals surface area contributed by atoms with Crippen molar-refractivity contribution < 1.29 is 18.3 Å². The van der Waals surface area contributed by atoms with Gasteiger partial charge in [0.1, 0.15) is 11.2 Å². The molecule has 4 aromatic heterocycles. The summed E-state index contributed by atoms with van der Waals surface area (Å²) >= 11 is 0. The van der Waals surface area contributed by atoms with E-state index in [2.05, 4.69) is 25.1 Å². The molecular formula is C21H22F2N6O2. The number of anilines is 1. The highest BCUT2D eigenvalue weighted by molar-refractivity contribution is 5.84. The minimum absolute atomic E-state index is 0.0957. The Morgan fingerprint density at radius 1 is 1.13 bits per heavy atom. The van der Waals surface area contributed by atoms with Crippen molar-refractivity contribution in [3.8, 4) is 17.0 Å². The largest absolute Gasteiger partial charge is 0.479 e. The summed E-state index contributed by atoms with van der Waals surface area (Å²) in [5, 5.41) is 7.90. The maximum absolute atomic E-state index is 12.4. The van der Waals surface area contributed by atoms with Gasteiger partial charge in [-0.1, -0.05) is 0 Å². The van der Waals surface area contributed by atoms with Crippen LogP contribution in [0.4, 0.5) is 14.7 Å². The van der Waals surface area contributed by atoms with Crippen LogP contribution >= 0.6 is 0 Å². The second kappa shape index (κ2) is 8.10. The lowest BCUT2D eigenvalue weighted by atomic mass is 9.93. The van der Waals surface area contributed by atoms with Crippen LogP contribution in [0.5, 0.6) is 5.88 Å². The Labute approximate surface area is 176 Å². The number of nitrogens with one attached hydrogen (secondary N) is 1. The third-order valence-electron chi connectivity index (χ3n) is 5.67. The zero-order valence-corrected chi connectivity index (χ0v) is 16.9. The Hall–Kier alpha value is -3.27. The third kappa shape index (κ3) is 3.90. The number of methoxy groups -OCH3 is 1. The lowest BCUT2D eigenvalue weighted by molar-refractivity contribution is -0.169. The van der Waals surface area contributed by atoms with Gasteiger partial charge in [-0.2, -0.15) is 13.8 Å². The van der Waals surface area contributed by atoms with Crippen molar-refractivity contribution >= 4 is 17.1 Å². The number of aromatic nitrogens is 5. The summed E-state index contributed by atoms with van der Waals surface area (Å²) in [6.45, 7) is -2.72. The van der Waals surface area contributed by atoms with Crippen LogP contribution in [0, 0.1) is 0 Å². The Morgan fingerprint density at radius 2 is 1.97 bits per heavy atom. The van der Waals surface area contributed by atoms with Gasteiger partial charge in [-0.15, -0.1) is 5.10 Å². The van der Waals surface area contributed by atoms with Gasteiger partial charge < -0.3 is 19.2 Å². The van der Waals surface area contributed by atoms with Crippen molar-refractivity contribution in [3.05, 3.63) is 43.0 Å². The van der Waals surface area contributed by atoms with Gasteiger partial charge >= 0.3 is 6.61 Å². The number of alkyl halides is 2. The highest BCUT2D eigenvalue weighted by atomic mass is 19.3. The molecule has 1 aliphatic carbocycles. The van der Waals surface area contributed by atoms with Crippen LogP contribution in [-0.4, -0.2) is 49.8 Å². The van der Waals surface area contributed by atoms with Gasteiger partial charge in [-0.25, -0.2) is 9.50 Å². The fraction of sp³-hybridized carbons (Fsp3) is 0.381. The topological polar surface area (TPSA) is 78.0 Å². The monoisotopic (exact) mass is 428 g/mol. The van der Waals surface area contributed by atoms with Gasteiger partial charge in [0, 0.05) is 42.0 Å². The number of nitrogens with zero attached hydrogens (tertiary/aromatic N) is 5. The Bertz CT molecular complexity index is 1200. The van der Waals surface area contributed by atoms with Gasteiger partial charge in [0.05, 0.1) is 13.2 Å². The van der Waals surface area contributed by atoms with Crippen molar-refractivity contribution in [1.82, 2.24) is 24.0 Å². The molecule has 0 aromatic carbocycles. The number of hydrogen-bond acceptors (Lipinski definition) is 6. The summed E-state index contributed by atoms with van der Waals surface area (Å²) in [7, 11) is 1.58. The normalized spacial score (nSPS) is 19.4. The van der Waals surface area contributed by atoms with E-state index in [4.69, 9.17) is 4.74 Å². The maximum atomic E-state index is 12.4. The number of imidazole rings is 1. The van der Waals surface area contributed by atoms with Crippen molar-refractivity contribution in [2.75, 3.05) is 12.4 Å². The molecule has 31 heavy (non-hydrogen) atoms. The van der Waals surface area contributed by atoms with Crippen LogP contribution in [0.2, 0.25) is 0 Å². The number of rotatable bonds is 6. The second-order valence-electron chi connectivity index (χ2n) is 7.59. The number of halogens is 2. The Morgan fingerprint density at radius 3 is 2.74 bits per heavy atom. The minimum Gasteiger partial charge on any atom is -0.479 e. The molecule has 0 amide bonds. The quantitative estimate of drug-likeness (QED) is 0.500. The zero-order valence-electron chi connectivity index (χ0n) is 16.9. The second-order valence-corrected chi connectivity index (χ2v) is 7.59. The molecular weight excluding hydrogens is 406 g/mol. The molecule has 0 spiro atoms. The van der Waals surface area contributed by atoms with Gasteiger partial charge in [0.25, 0.3) is 0 Å². The van der Waals surface area contributed by atoms with E-state index in [9.17, 15) is 8.78 Å². The lowest BCUT2D eigenvalue weighted by Crippen LogP contribution is -2.31. The Balaban J connectivity index is 1.39. The number of pyridine rings is 1. The van der Waals surface area contributed by atoms with E-state index < -0.39 is 12.7 Å². The molecule has 0 aliphatic heterocycles. The van der Waals surface area contributed by atoms with Gasteiger partial charge in [-0.3, -0.25) is 0 Å². The summed E-state index contributed by atoms with van der Waals surface area (Å²) in [5.74, 6) is 0.896. The fourth-order valence-corrected chi connectivity index (χ4v) is 4.18. The molecule has 4 heterocycles. The van der Waals surface area contributed by atoms with Crippen LogP contribution in [0.3, 0.4) is 0 Å². The van der Waals surface area contributed by atoms with Crippen LogP contribution in [-0.2, 0) is 4.74 Å². The molecule has 0 bridgehead atoms. The van der Waals surface area contributed by atoms with E-state index in [-0.39, 0.29) is 6.04 Å². The molecule has 4 aromatic rings. The van der Waals surface area contributed by atoms with Crippen LogP contribution < -0.4 is 10.1 Å². The number of ether oxygens (including phenoxy) is 2. The molecule has 1 N–H and O–H groups in total. The van der Waals surface area contributed by atoms with Crippen LogP contribution in [0.15, 0.2) is 43.0 Å². The van der Waals surface area contributed by atoms with E-state index in [1.807, 2.05) is 41.2 Å². The minimum atomic E-state index is -2.72. The molecule has 0 unspecified atom stereocenters. The first-order valence-electron chi connectivity index (χ1n) is 10.2. The SMILES string of the molecule is COc1nc(N[C@H]2CC[C@H](OC(F)F)CC2)nn2ccc(-c3ccc4nccn4c3)c12. The van der Waals surface area contributed by atoms with Gasteiger partial charge in [-0.05, 0) is 43.9 Å². The molecule has 8 nitrogen and oxygen atoms in total. The van der Waals surface area contributed by atoms with Crippen LogP contribution in [0.25, 0.3) is 22.3 Å². The van der Waals surface area contributed by atoms with Crippen molar-refractivity contribution in [2.45, 2.75) is 44.4 Å². The summed E-state index contributed by atoms with van der Waals surface area (Å²) in [6.07, 6.45) is 9.70. The zero-order chi connectivity index (χ0) is 21.4. The molecule has 5 rings (SSSR count). The third-order valence-corrected chi connectivity index (χ3v) is 5.67. The first-order chi connectivity index (χ1) is 15.1. The van der Waals surface area contributed by atoms with Crippen LogP contribution in [0.1, 0.15) is 25.7 Å². The maximum Gasteiger partial charge on any atom is 0.345 e. The van der Waals surface area contributed by atoms with E-state index in [0.717, 1.165) is 22.3 Å².